The molecule has 1 aliphatic rings. The Morgan fingerprint density at radius 3 is 2.39 bits per heavy atom. The number of hydrogen-bond acceptors (Lipinski definition) is 2. The van der Waals surface area contributed by atoms with E-state index in [-0.39, 0.29) is 5.92 Å². The molecule has 0 aromatic heterocycles. The third-order valence-corrected chi connectivity index (χ3v) is 6.48. The predicted molar refractivity (Wildman–Crippen MR) is 147 cm³/mol. The summed E-state index contributed by atoms with van der Waals surface area (Å²) in [6, 6.07) is 14.8. The van der Waals surface area contributed by atoms with E-state index in [1.54, 1.807) is 0 Å². The van der Waals surface area contributed by atoms with Crippen LogP contribution in [0.25, 0.3) is 12.2 Å². The molecule has 0 aliphatic carbocycles. The van der Waals surface area contributed by atoms with Crippen molar-refractivity contribution in [2.75, 3.05) is 0 Å². The summed E-state index contributed by atoms with van der Waals surface area (Å²) in [5.74, 6) is 0.845. The fraction of sp³-hybridized carbons (Fsp3) is 0.161. The molecule has 1 unspecified atom stereocenters. The summed E-state index contributed by atoms with van der Waals surface area (Å²) in [5.41, 5.74) is 8.08. The van der Waals surface area contributed by atoms with Gasteiger partial charge >= 0.3 is 0 Å². The van der Waals surface area contributed by atoms with Gasteiger partial charge < -0.3 is 4.18 Å². The van der Waals surface area contributed by atoms with Crippen LogP contribution in [0.1, 0.15) is 55.9 Å². The van der Waals surface area contributed by atoms with Gasteiger partial charge in [0.2, 0.25) is 0 Å². The Morgan fingerprint density at radius 2 is 1.76 bits per heavy atom. The number of rotatable bonds is 6. The highest BCUT2D eigenvalue weighted by Gasteiger charge is 2.32. The lowest BCUT2D eigenvalue weighted by Gasteiger charge is -2.24. The monoisotopic (exact) mass is 452 g/mol. The highest BCUT2D eigenvalue weighted by Crippen LogP contribution is 2.51. The lowest BCUT2D eigenvalue weighted by atomic mass is 9.78. The van der Waals surface area contributed by atoms with E-state index in [9.17, 15) is 0 Å². The molecule has 3 rings (SSSR count). The quantitative estimate of drug-likeness (QED) is 0.319. The van der Waals surface area contributed by atoms with Crippen molar-refractivity contribution in [3.63, 3.8) is 0 Å². The number of hydrogen-bond donors (Lipinski definition) is 0. The van der Waals surface area contributed by atoms with E-state index in [0.29, 0.717) is 0 Å². The molecular weight excluding hydrogens is 420 g/mol. The van der Waals surface area contributed by atoms with Gasteiger partial charge in [0.05, 0.1) is 16.9 Å². The second kappa shape index (κ2) is 11.6. The molecule has 0 radical (unpaired) electrons. The van der Waals surface area contributed by atoms with Crippen LogP contribution in [-0.4, -0.2) is 0 Å². The summed E-state index contributed by atoms with van der Waals surface area (Å²) in [7, 11) is 0. The first-order chi connectivity index (χ1) is 16.0. The lowest BCUT2D eigenvalue weighted by Crippen LogP contribution is -2.09. The maximum atomic E-state index is 6.37. The van der Waals surface area contributed by atoms with Crippen LogP contribution in [-0.2, 0) is 0 Å². The molecule has 0 N–H and O–H groups in total. The number of fused-ring (bicyclic) bond motifs is 1. The van der Waals surface area contributed by atoms with E-state index in [1.807, 2.05) is 26.0 Å². The van der Waals surface area contributed by atoms with Gasteiger partial charge in [0.25, 0.3) is 0 Å². The topological polar surface area (TPSA) is 9.23 Å². The van der Waals surface area contributed by atoms with E-state index in [0.717, 1.165) is 32.9 Å². The minimum atomic E-state index is -0.0194. The standard InChI is InChI=1S/C31H32OS/c1-7-14-22(5)18-21-28-29(23(6)9-3)30(25-16-12-11-13-17-25)31-26(10-4)24(15-8-2)19-20-27(31)32-33-28/h7-21,30H,3-4H2,1-2,5-6H3/b14-7-,15-8-,22-18+,28-21+,29-23?. The minimum absolute atomic E-state index is 0.0194. The summed E-state index contributed by atoms with van der Waals surface area (Å²) in [6.07, 6.45) is 16.5. The Labute approximate surface area is 203 Å². The van der Waals surface area contributed by atoms with Gasteiger partial charge in [-0.05, 0) is 67.7 Å². The zero-order chi connectivity index (χ0) is 23.8. The van der Waals surface area contributed by atoms with E-state index in [1.165, 1.54) is 28.8 Å². The van der Waals surface area contributed by atoms with Crippen molar-refractivity contribution >= 4 is 24.2 Å². The summed E-state index contributed by atoms with van der Waals surface area (Å²) < 4.78 is 6.37. The van der Waals surface area contributed by atoms with Crippen LogP contribution in [0.15, 0.2) is 114 Å². The molecule has 2 aromatic rings. The summed E-state index contributed by atoms with van der Waals surface area (Å²) >= 11 is 1.41. The van der Waals surface area contributed by atoms with Gasteiger partial charge in [0, 0.05) is 11.5 Å². The van der Waals surface area contributed by atoms with Crippen molar-refractivity contribution in [3.8, 4) is 5.75 Å². The van der Waals surface area contributed by atoms with Crippen LogP contribution in [0.2, 0.25) is 0 Å². The smallest absolute Gasteiger partial charge is 0.142 e. The highest BCUT2D eigenvalue weighted by molar-refractivity contribution is 7.99. The van der Waals surface area contributed by atoms with Gasteiger partial charge in [0.1, 0.15) is 5.75 Å². The van der Waals surface area contributed by atoms with Crippen LogP contribution in [0, 0.1) is 0 Å². The number of allylic oxidation sites excluding steroid dienone is 9. The van der Waals surface area contributed by atoms with Crippen molar-refractivity contribution in [1.29, 1.82) is 0 Å². The molecule has 1 heterocycles. The molecule has 0 spiro atoms. The summed E-state index contributed by atoms with van der Waals surface area (Å²) in [6.45, 7) is 16.6. The molecule has 0 saturated carbocycles. The fourth-order valence-electron chi connectivity index (χ4n) is 4.13. The van der Waals surface area contributed by atoms with Crippen LogP contribution >= 0.6 is 12.0 Å². The van der Waals surface area contributed by atoms with Crippen molar-refractivity contribution in [1.82, 2.24) is 0 Å². The first-order valence-corrected chi connectivity index (χ1v) is 12.0. The predicted octanol–water partition coefficient (Wildman–Crippen LogP) is 9.44. The van der Waals surface area contributed by atoms with Crippen molar-refractivity contribution < 1.29 is 4.18 Å². The SMILES string of the molecule is C=CC(C)=C1\C(=C/C=C(C)/C=C\C)SOc2ccc(/C=C\C)c(C=C)c2C1c1ccccc1. The van der Waals surface area contributed by atoms with Gasteiger partial charge in [-0.25, -0.2) is 0 Å². The first kappa shape index (κ1) is 24.4. The Morgan fingerprint density at radius 1 is 1.00 bits per heavy atom. The summed E-state index contributed by atoms with van der Waals surface area (Å²) in [4.78, 5) is 1.07. The van der Waals surface area contributed by atoms with E-state index >= 15 is 0 Å². The molecule has 0 amide bonds. The normalized spacial score (nSPS) is 19.3. The molecule has 33 heavy (non-hydrogen) atoms. The Balaban J connectivity index is 2.40. The van der Waals surface area contributed by atoms with Crippen LogP contribution in [0.5, 0.6) is 5.75 Å². The van der Waals surface area contributed by atoms with Crippen molar-refractivity contribution in [3.05, 3.63) is 136 Å². The van der Waals surface area contributed by atoms with Crippen LogP contribution in [0.4, 0.5) is 0 Å². The second-order valence-corrected chi connectivity index (χ2v) is 8.71. The molecule has 1 nitrogen and oxygen atoms in total. The second-order valence-electron chi connectivity index (χ2n) is 7.94. The molecule has 1 atom stereocenters. The first-order valence-electron chi connectivity index (χ1n) is 11.2. The zero-order valence-electron chi connectivity index (χ0n) is 20.0. The maximum absolute atomic E-state index is 6.37. The third kappa shape index (κ3) is 5.40. The van der Waals surface area contributed by atoms with Crippen LogP contribution < -0.4 is 4.18 Å². The molecule has 2 heteroatoms. The summed E-state index contributed by atoms with van der Waals surface area (Å²) in [5, 5.41) is 0. The highest BCUT2D eigenvalue weighted by atomic mass is 32.2. The van der Waals surface area contributed by atoms with Crippen molar-refractivity contribution in [2.24, 2.45) is 0 Å². The van der Waals surface area contributed by atoms with Gasteiger partial charge in [-0.1, -0.05) is 97.7 Å². The average Bonchev–Trinajstić information content (AvgIpc) is 3.00. The van der Waals surface area contributed by atoms with Gasteiger partial charge in [0.15, 0.2) is 0 Å². The molecule has 0 fully saturated rings. The Bertz CT molecular complexity index is 1170. The van der Waals surface area contributed by atoms with Crippen molar-refractivity contribution in [2.45, 2.75) is 33.6 Å². The van der Waals surface area contributed by atoms with E-state index in [4.69, 9.17) is 4.18 Å². The molecule has 1 aliphatic heterocycles. The minimum Gasteiger partial charge on any atom is -0.420 e. The molecule has 0 saturated heterocycles. The van der Waals surface area contributed by atoms with Gasteiger partial charge in [-0.3, -0.25) is 0 Å². The van der Waals surface area contributed by atoms with E-state index < -0.39 is 0 Å². The number of benzene rings is 2. The Kier molecular flexibility index (Phi) is 8.57. The molecular formula is C31H32OS. The fourth-order valence-corrected chi connectivity index (χ4v) is 4.95. The molecule has 2 aromatic carbocycles. The van der Waals surface area contributed by atoms with E-state index in [2.05, 4.69) is 106 Å². The van der Waals surface area contributed by atoms with Gasteiger partial charge in [-0.15, -0.1) is 0 Å². The molecule has 168 valence electrons. The van der Waals surface area contributed by atoms with Crippen LogP contribution in [0.3, 0.4) is 0 Å². The Hall–Kier alpha value is -3.23. The lowest BCUT2D eigenvalue weighted by molar-refractivity contribution is 0.641. The zero-order valence-corrected chi connectivity index (χ0v) is 20.8. The largest absolute Gasteiger partial charge is 0.420 e. The average molecular weight is 453 g/mol. The molecule has 0 bridgehead atoms. The maximum Gasteiger partial charge on any atom is 0.142 e. The third-order valence-electron chi connectivity index (χ3n) is 5.69. The van der Waals surface area contributed by atoms with Gasteiger partial charge in [-0.2, -0.15) is 0 Å².